The molecule has 1 fully saturated rings. The molecule has 1 aromatic rings. The van der Waals surface area contributed by atoms with Crippen molar-refractivity contribution in [2.45, 2.75) is 44.6 Å². The van der Waals surface area contributed by atoms with Gasteiger partial charge in [-0.3, -0.25) is 15.2 Å². The average Bonchev–Trinajstić information content (AvgIpc) is 2.99. The van der Waals surface area contributed by atoms with Gasteiger partial charge >= 0.3 is 12.1 Å². The van der Waals surface area contributed by atoms with Gasteiger partial charge in [0.2, 0.25) is 0 Å². The van der Waals surface area contributed by atoms with Gasteiger partial charge in [0, 0.05) is 18.7 Å². The second-order valence-corrected chi connectivity index (χ2v) is 4.92. The van der Waals surface area contributed by atoms with Crippen molar-refractivity contribution in [2.24, 2.45) is 0 Å². The molecule has 0 saturated carbocycles. The number of H-pyrrole nitrogens is 1. The lowest BCUT2D eigenvalue weighted by Crippen LogP contribution is -2.45. The topological polar surface area (TPSA) is 87.2 Å². The lowest BCUT2D eigenvalue weighted by molar-refractivity contribution is -0.143. The Kier molecular flexibility index (Phi) is 4.52. The molecule has 1 aromatic heterocycles. The molecule has 2 rings (SSSR count). The molecule has 0 bridgehead atoms. The van der Waals surface area contributed by atoms with Crippen LogP contribution in [0.25, 0.3) is 0 Å². The highest BCUT2D eigenvalue weighted by Crippen LogP contribution is 2.31. The van der Waals surface area contributed by atoms with Gasteiger partial charge in [0.15, 0.2) is 5.69 Å². The number of nitrogens with one attached hydrogen (secondary N) is 2. The van der Waals surface area contributed by atoms with Gasteiger partial charge in [0.1, 0.15) is 6.04 Å². The maximum atomic E-state index is 12.6. The van der Waals surface area contributed by atoms with Gasteiger partial charge in [-0.2, -0.15) is 18.3 Å². The van der Waals surface area contributed by atoms with Crippen LogP contribution in [-0.4, -0.2) is 40.0 Å². The number of carboxylic acids is 1. The van der Waals surface area contributed by atoms with Gasteiger partial charge in [-0.15, -0.1) is 0 Å². The molecular weight excluding hydrogens is 291 g/mol. The number of halogens is 3. The fourth-order valence-corrected chi connectivity index (χ4v) is 2.34. The molecule has 2 heterocycles. The first-order valence-electron chi connectivity index (χ1n) is 6.49. The second-order valence-electron chi connectivity index (χ2n) is 4.92. The lowest BCUT2D eigenvalue weighted by atomic mass is 10.1. The third kappa shape index (κ3) is 3.53. The Morgan fingerprint density at radius 1 is 1.62 bits per heavy atom. The summed E-state index contributed by atoms with van der Waals surface area (Å²) in [5.74, 6) is -1.09. The molecule has 0 aliphatic carbocycles. The molecule has 2 atom stereocenters. The lowest BCUT2D eigenvalue weighted by Gasteiger charge is -2.20. The molecule has 21 heavy (non-hydrogen) atoms. The van der Waals surface area contributed by atoms with Crippen molar-refractivity contribution in [1.82, 2.24) is 15.5 Å². The van der Waals surface area contributed by atoms with E-state index in [1.807, 2.05) is 0 Å². The number of nitrogens with zero attached hydrogens (tertiary/aromatic N) is 1. The Morgan fingerprint density at radius 3 is 2.81 bits per heavy atom. The molecule has 2 unspecified atom stereocenters. The smallest absolute Gasteiger partial charge is 0.435 e. The molecule has 0 spiro atoms. The number of hydrogen-bond acceptors (Lipinski definition) is 4. The number of rotatable bonds is 5. The Bertz CT molecular complexity index is 510. The zero-order valence-electron chi connectivity index (χ0n) is 11.3. The van der Waals surface area contributed by atoms with Crippen molar-refractivity contribution in [3.63, 3.8) is 0 Å². The fourth-order valence-electron chi connectivity index (χ4n) is 2.34. The maximum absolute atomic E-state index is 12.6. The molecule has 1 aliphatic rings. The Hall–Kier alpha value is -1.61. The minimum absolute atomic E-state index is 0.0357. The van der Waals surface area contributed by atoms with Crippen LogP contribution in [0.15, 0.2) is 0 Å². The van der Waals surface area contributed by atoms with E-state index in [9.17, 15) is 18.0 Å². The quantitative estimate of drug-likeness (QED) is 0.766. The van der Waals surface area contributed by atoms with E-state index in [0.29, 0.717) is 13.0 Å². The number of carboxylic acid groups (broad SMARTS) is 1. The molecule has 118 valence electrons. The summed E-state index contributed by atoms with van der Waals surface area (Å²) in [5.41, 5.74) is -0.804. The highest BCUT2D eigenvalue weighted by molar-refractivity contribution is 5.74. The summed E-state index contributed by atoms with van der Waals surface area (Å²) < 4.78 is 43.2. The molecule has 3 N–H and O–H groups in total. The monoisotopic (exact) mass is 307 g/mol. The first-order chi connectivity index (χ1) is 9.80. The van der Waals surface area contributed by atoms with Crippen molar-refractivity contribution in [1.29, 1.82) is 0 Å². The Balaban J connectivity index is 2.04. The molecule has 9 heteroatoms. The van der Waals surface area contributed by atoms with Crippen LogP contribution in [0, 0.1) is 6.92 Å². The first kappa shape index (κ1) is 15.8. The van der Waals surface area contributed by atoms with Crippen LogP contribution >= 0.6 is 0 Å². The SMILES string of the molecule is Cc1c(C(F)(F)F)n[nH]c1CNC(C(=O)O)C1CCCO1. The minimum atomic E-state index is -4.53. The molecule has 0 aromatic carbocycles. The van der Waals surface area contributed by atoms with Crippen molar-refractivity contribution >= 4 is 5.97 Å². The van der Waals surface area contributed by atoms with Gasteiger partial charge in [0.25, 0.3) is 0 Å². The van der Waals surface area contributed by atoms with E-state index in [2.05, 4.69) is 15.5 Å². The van der Waals surface area contributed by atoms with Crippen molar-refractivity contribution in [2.75, 3.05) is 6.61 Å². The summed E-state index contributed by atoms with van der Waals surface area (Å²) in [5, 5.41) is 17.4. The van der Waals surface area contributed by atoms with Crippen molar-refractivity contribution < 1.29 is 27.8 Å². The third-order valence-electron chi connectivity index (χ3n) is 3.48. The summed E-state index contributed by atoms with van der Waals surface area (Å²) >= 11 is 0. The van der Waals surface area contributed by atoms with Crippen LogP contribution < -0.4 is 5.32 Å². The average molecular weight is 307 g/mol. The van der Waals surface area contributed by atoms with Crippen LogP contribution in [0.3, 0.4) is 0 Å². The van der Waals surface area contributed by atoms with Gasteiger partial charge < -0.3 is 9.84 Å². The summed E-state index contributed by atoms with van der Waals surface area (Å²) in [6.07, 6.45) is -3.61. The van der Waals surface area contributed by atoms with Gasteiger partial charge in [-0.25, -0.2) is 0 Å². The normalized spacial score (nSPS) is 20.7. The van der Waals surface area contributed by atoms with Crippen LogP contribution in [-0.2, 0) is 22.3 Å². The highest BCUT2D eigenvalue weighted by Gasteiger charge is 2.37. The fraction of sp³-hybridized carbons (Fsp3) is 0.667. The van der Waals surface area contributed by atoms with Gasteiger partial charge in [-0.05, 0) is 19.8 Å². The minimum Gasteiger partial charge on any atom is -0.480 e. The Labute approximate surface area is 118 Å². The van der Waals surface area contributed by atoms with Crippen LogP contribution in [0.5, 0.6) is 0 Å². The van der Waals surface area contributed by atoms with Gasteiger partial charge in [0.05, 0.1) is 11.8 Å². The number of alkyl halides is 3. The van der Waals surface area contributed by atoms with E-state index in [-0.39, 0.29) is 17.8 Å². The molecule has 0 amide bonds. The number of aromatic amines is 1. The van der Waals surface area contributed by atoms with E-state index < -0.39 is 30.0 Å². The molecule has 0 radical (unpaired) electrons. The first-order valence-corrected chi connectivity index (χ1v) is 6.49. The highest BCUT2D eigenvalue weighted by atomic mass is 19.4. The predicted octanol–water partition coefficient (Wildman–Crippen LogP) is 1.46. The zero-order valence-corrected chi connectivity index (χ0v) is 11.3. The third-order valence-corrected chi connectivity index (χ3v) is 3.48. The number of aliphatic carboxylic acids is 1. The number of hydrogen-bond donors (Lipinski definition) is 3. The number of carbonyl (C=O) groups is 1. The van der Waals surface area contributed by atoms with Crippen LogP contribution in [0.1, 0.15) is 29.8 Å². The standard InChI is InChI=1S/C12H16F3N3O3/c1-6-7(17-18-10(6)12(13,14)15)5-16-9(11(19)20)8-3-2-4-21-8/h8-9,16H,2-5H2,1H3,(H,17,18)(H,19,20). The summed E-state index contributed by atoms with van der Waals surface area (Å²) in [6, 6.07) is -0.954. The second kappa shape index (κ2) is 6.02. The van der Waals surface area contributed by atoms with E-state index in [1.54, 1.807) is 0 Å². The van der Waals surface area contributed by atoms with E-state index >= 15 is 0 Å². The molecule has 1 aliphatic heterocycles. The van der Waals surface area contributed by atoms with Crippen LogP contribution in [0.4, 0.5) is 13.2 Å². The molecule has 6 nitrogen and oxygen atoms in total. The van der Waals surface area contributed by atoms with Gasteiger partial charge in [-0.1, -0.05) is 0 Å². The van der Waals surface area contributed by atoms with E-state index in [4.69, 9.17) is 9.84 Å². The molecule has 1 saturated heterocycles. The van der Waals surface area contributed by atoms with Crippen molar-refractivity contribution in [3.8, 4) is 0 Å². The predicted molar refractivity (Wildman–Crippen MR) is 65.6 cm³/mol. The van der Waals surface area contributed by atoms with Crippen LogP contribution in [0.2, 0.25) is 0 Å². The number of ether oxygens (including phenoxy) is 1. The summed E-state index contributed by atoms with van der Waals surface area (Å²) in [6.45, 7) is 1.74. The number of aromatic nitrogens is 2. The molecular formula is C12H16F3N3O3. The van der Waals surface area contributed by atoms with E-state index in [1.165, 1.54) is 6.92 Å². The summed E-state index contributed by atoms with van der Waals surface area (Å²) in [4.78, 5) is 11.2. The summed E-state index contributed by atoms with van der Waals surface area (Å²) in [7, 11) is 0. The zero-order chi connectivity index (χ0) is 15.6. The largest absolute Gasteiger partial charge is 0.480 e. The van der Waals surface area contributed by atoms with Crippen molar-refractivity contribution in [3.05, 3.63) is 17.0 Å². The van der Waals surface area contributed by atoms with E-state index in [0.717, 1.165) is 6.42 Å². The Morgan fingerprint density at radius 2 is 2.33 bits per heavy atom. The maximum Gasteiger partial charge on any atom is 0.435 e.